The Labute approximate surface area is 203 Å². The number of allylic oxidation sites excluding steroid dienone is 12. The maximum atomic E-state index is 4.18. The van der Waals surface area contributed by atoms with Gasteiger partial charge in [0.1, 0.15) is 0 Å². The van der Waals surface area contributed by atoms with Crippen LogP contribution in [0, 0.1) is 0 Å². The highest BCUT2D eigenvalue weighted by Crippen LogP contribution is 2.25. The fourth-order valence-electron chi connectivity index (χ4n) is 3.17. The van der Waals surface area contributed by atoms with Gasteiger partial charge in [-0.25, -0.2) is 0 Å². The second-order valence-corrected chi connectivity index (χ2v) is 7.58. The fraction of sp³-hybridized carbons (Fsp3) is 0.0323. The van der Waals surface area contributed by atoms with Crippen molar-refractivity contribution in [1.29, 1.82) is 0 Å². The van der Waals surface area contributed by atoms with Crippen LogP contribution in [0.25, 0.3) is 23.9 Å². The summed E-state index contributed by atoms with van der Waals surface area (Å²) < 4.78 is 1.05. The van der Waals surface area contributed by atoms with E-state index in [9.17, 15) is 0 Å². The first kappa shape index (κ1) is 27.2. The molecule has 0 atom stereocenters. The zero-order valence-electron chi connectivity index (χ0n) is 19.5. The number of rotatable bonds is 13. The van der Waals surface area contributed by atoms with Crippen LogP contribution in [0.3, 0.4) is 0 Å². The van der Waals surface area contributed by atoms with Crippen molar-refractivity contribution >= 4 is 35.3 Å². The molecular weight excluding hydrogens is 418 g/mol. The van der Waals surface area contributed by atoms with Crippen molar-refractivity contribution in [3.8, 4) is 0 Å². The summed E-state index contributed by atoms with van der Waals surface area (Å²) in [6.07, 6.45) is 30.3. The van der Waals surface area contributed by atoms with Gasteiger partial charge in [0.15, 0.2) is 0 Å². The molecule has 0 spiro atoms. The Balaban J connectivity index is 4.46. The summed E-state index contributed by atoms with van der Waals surface area (Å²) in [4.78, 5) is 3.17. The second-order valence-electron chi connectivity index (χ2n) is 6.49. The molecule has 33 heavy (non-hydrogen) atoms. The lowest BCUT2D eigenvalue weighted by molar-refractivity contribution is 0.640. The van der Waals surface area contributed by atoms with Crippen molar-refractivity contribution in [2.75, 3.05) is 0 Å². The monoisotopic (exact) mass is 451 g/mol. The lowest BCUT2D eigenvalue weighted by Crippen LogP contribution is -2.31. The first-order chi connectivity index (χ1) is 16.1. The molecule has 1 heterocycles. The van der Waals surface area contributed by atoms with Crippen molar-refractivity contribution in [2.45, 2.75) is 6.92 Å². The fourth-order valence-corrected chi connectivity index (χ4v) is 4.25. The van der Waals surface area contributed by atoms with Gasteiger partial charge >= 0.3 is 0 Å². The Morgan fingerprint density at radius 1 is 0.788 bits per heavy atom. The lowest BCUT2D eigenvalue weighted by Gasteiger charge is -2.28. The zero-order chi connectivity index (χ0) is 24.6. The Morgan fingerprint density at radius 2 is 1.42 bits per heavy atom. The van der Waals surface area contributed by atoms with Gasteiger partial charge in [0.05, 0.1) is 5.70 Å². The molecular formula is C31H33NS. The maximum Gasteiger partial charge on any atom is 0.0548 e. The topological polar surface area (TPSA) is 3.24 Å². The van der Waals surface area contributed by atoms with Crippen LogP contribution in [0.4, 0.5) is 0 Å². The van der Waals surface area contributed by atoms with Gasteiger partial charge in [-0.2, -0.15) is 0 Å². The number of thiophene rings is 1. The summed E-state index contributed by atoms with van der Waals surface area (Å²) in [5.41, 5.74) is 3.73. The summed E-state index contributed by atoms with van der Waals surface area (Å²) in [6.45, 7) is 29.6. The normalized spacial score (nSPS) is 13.9. The van der Waals surface area contributed by atoms with Crippen LogP contribution in [-0.2, 0) is 0 Å². The summed E-state index contributed by atoms with van der Waals surface area (Å²) in [5.74, 6) is 0. The quantitative estimate of drug-likeness (QED) is 0.279. The van der Waals surface area contributed by atoms with Crippen LogP contribution in [0.5, 0.6) is 0 Å². The third kappa shape index (κ3) is 7.06. The van der Waals surface area contributed by atoms with Gasteiger partial charge in [0.25, 0.3) is 0 Å². The minimum absolute atomic E-state index is 0.889. The third-order valence-electron chi connectivity index (χ3n) is 4.38. The molecule has 1 rings (SSSR count). The summed E-state index contributed by atoms with van der Waals surface area (Å²) >= 11 is 1.65. The van der Waals surface area contributed by atoms with Crippen molar-refractivity contribution in [2.24, 2.45) is 0 Å². The molecule has 1 nitrogen and oxygen atoms in total. The Morgan fingerprint density at radius 3 is 1.91 bits per heavy atom. The molecule has 0 aliphatic carbocycles. The van der Waals surface area contributed by atoms with E-state index in [-0.39, 0.29) is 0 Å². The van der Waals surface area contributed by atoms with Crippen molar-refractivity contribution in [3.63, 3.8) is 0 Å². The number of hydrogen-bond donors (Lipinski definition) is 0. The van der Waals surface area contributed by atoms with Gasteiger partial charge in [-0.05, 0) is 43.4 Å². The molecule has 0 radical (unpaired) electrons. The minimum Gasteiger partial charge on any atom is -0.310 e. The van der Waals surface area contributed by atoms with Gasteiger partial charge in [0, 0.05) is 31.6 Å². The standard InChI is InChI=1S/C31H33NS/c1-9-17-23-26(21-13-5)32(25(19-11-3)20-12-4)28(15-7)31-27(24-18-10-2)29(16-8)33-30(31)22-14-6/h9-24H,1-3,5-8H2,4H3/b20-12-,23-17-,24-18-,25-19+,26-21+,30-22+,31-28+. The van der Waals surface area contributed by atoms with Crippen LogP contribution < -0.4 is 9.75 Å². The largest absolute Gasteiger partial charge is 0.310 e. The highest BCUT2D eigenvalue weighted by molar-refractivity contribution is 7.11. The Kier molecular flexibility index (Phi) is 12.4. The Hall–Kier alpha value is -3.88. The number of nitrogens with zero attached hydrogens (tertiary/aromatic N) is 1. The molecule has 0 N–H and O–H groups in total. The molecule has 168 valence electrons. The van der Waals surface area contributed by atoms with Crippen LogP contribution in [0.15, 0.2) is 136 Å². The van der Waals surface area contributed by atoms with E-state index in [0.717, 1.165) is 37.3 Å². The van der Waals surface area contributed by atoms with E-state index >= 15 is 0 Å². The maximum absolute atomic E-state index is 4.18. The molecule has 0 bridgehead atoms. The van der Waals surface area contributed by atoms with E-state index < -0.39 is 0 Å². The summed E-state index contributed by atoms with van der Waals surface area (Å²) in [6, 6.07) is 0. The highest BCUT2D eigenvalue weighted by Gasteiger charge is 2.18. The molecule has 1 aromatic heterocycles. The average molecular weight is 452 g/mol. The first-order valence-corrected chi connectivity index (χ1v) is 11.3. The Bertz CT molecular complexity index is 1190. The predicted octanol–water partition coefficient (Wildman–Crippen LogP) is 7.61. The van der Waals surface area contributed by atoms with Gasteiger partial charge in [-0.3, -0.25) is 0 Å². The molecule has 0 saturated heterocycles. The molecule has 1 aromatic rings. The summed E-state index contributed by atoms with van der Waals surface area (Å²) in [5, 5.41) is 1.02. The first-order valence-electron chi connectivity index (χ1n) is 10.5. The SMILES string of the molecule is C=C/C=C\C(=C/C=C)N(C(/C=C\C)=C/C=C)/C(C=C)=c1\c(/C=C\C=C)c(C=C)s\c1=C\C=C. The minimum atomic E-state index is 0.889. The molecule has 0 aliphatic heterocycles. The van der Waals surface area contributed by atoms with Gasteiger partial charge in [-0.15, -0.1) is 11.3 Å². The second kappa shape index (κ2) is 15.0. The van der Waals surface area contributed by atoms with Crippen LogP contribution in [0.2, 0.25) is 0 Å². The van der Waals surface area contributed by atoms with E-state index in [1.807, 2.05) is 73.8 Å². The van der Waals surface area contributed by atoms with E-state index in [2.05, 4.69) is 51.0 Å². The van der Waals surface area contributed by atoms with E-state index in [4.69, 9.17) is 0 Å². The van der Waals surface area contributed by atoms with E-state index in [1.54, 1.807) is 41.7 Å². The average Bonchev–Trinajstić information content (AvgIpc) is 3.16. The number of hydrogen-bond acceptors (Lipinski definition) is 2. The van der Waals surface area contributed by atoms with E-state index in [0.29, 0.717) is 0 Å². The van der Waals surface area contributed by atoms with E-state index in [1.165, 1.54) is 0 Å². The molecule has 0 saturated carbocycles. The van der Waals surface area contributed by atoms with Crippen LogP contribution >= 0.6 is 11.3 Å². The summed E-state index contributed by atoms with van der Waals surface area (Å²) in [7, 11) is 0. The van der Waals surface area contributed by atoms with Crippen molar-refractivity contribution in [3.05, 3.63) is 157 Å². The van der Waals surface area contributed by atoms with Gasteiger partial charge in [0.2, 0.25) is 0 Å². The smallest absolute Gasteiger partial charge is 0.0548 e. The predicted molar refractivity (Wildman–Crippen MR) is 154 cm³/mol. The molecule has 0 amide bonds. The molecule has 2 heteroatoms. The lowest BCUT2D eigenvalue weighted by atomic mass is 10.1. The van der Waals surface area contributed by atoms with Crippen LogP contribution in [0.1, 0.15) is 17.4 Å². The van der Waals surface area contributed by atoms with Crippen LogP contribution in [-0.4, -0.2) is 4.90 Å². The molecule has 0 unspecified atom stereocenters. The molecule has 0 fully saturated rings. The highest BCUT2D eigenvalue weighted by atomic mass is 32.1. The van der Waals surface area contributed by atoms with Crippen molar-refractivity contribution in [1.82, 2.24) is 4.90 Å². The van der Waals surface area contributed by atoms with Crippen molar-refractivity contribution < 1.29 is 0 Å². The zero-order valence-corrected chi connectivity index (χ0v) is 20.4. The van der Waals surface area contributed by atoms with Gasteiger partial charge < -0.3 is 4.90 Å². The molecule has 0 aromatic carbocycles. The van der Waals surface area contributed by atoms with Gasteiger partial charge in [-0.1, -0.05) is 107 Å². The molecule has 0 aliphatic rings. The third-order valence-corrected chi connectivity index (χ3v) is 5.55.